The Balaban J connectivity index is 1.57. The highest BCUT2D eigenvalue weighted by Gasteiger charge is 2.20. The lowest BCUT2D eigenvalue weighted by Crippen LogP contribution is -1.90. The van der Waals surface area contributed by atoms with E-state index in [2.05, 4.69) is 102 Å². The summed E-state index contributed by atoms with van der Waals surface area (Å²) in [6.07, 6.45) is 3.77. The zero-order valence-corrected chi connectivity index (χ0v) is 19.9. The zero-order chi connectivity index (χ0) is 24.3. The molecule has 0 unspecified atom stereocenters. The number of aromatic amines is 1. The van der Waals surface area contributed by atoms with Gasteiger partial charge in [-0.1, -0.05) is 91.0 Å². The minimum atomic E-state index is 1.02. The second-order valence-electron chi connectivity index (χ2n) is 9.51. The maximum Gasteiger partial charge on any atom is 0.0787 e. The molecule has 0 aliphatic carbocycles. The first-order chi connectivity index (χ1) is 18.4. The van der Waals surface area contributed by atoms with Crippen LogP contribution in [0.15, 0.2) is 122 Å². The van der Waals surface area contributed by atoms with Crippen molar-refractivity contribution in [1.82, 2.24) is 15.0 Å². The quantitative estimate of drug-likeness (QED) is 0.256. The molecular formula is C34H21N3. The van der Waals surface area contributed by atoms with E-state index in [1.54, 1.807) is 0 Å². The number of rotatable bonds is 2. The van der Waals surface area contributed by atoms with Crippen LogP contribution in [0.4, 0.5) is 0 Å². The van der Waals surface area contributed by atoms with Crippen LogP contribution < -0.4 is 0 Å². The van der Waals surface area contributed by atoms with Crippen molar-refractivity contribution in [2.75, 3.05) is 0 Å². The average Bonchev–Trinajstić information content (AvgIpc) is 3.35. The fraction of sp³-hybridized carbons (Fsp3) is 0. The molecule has 8 rings (SSSR count). The molecule has 37 heavy (non-hydrogen) atoms. The number of H-pyrrole nitrogens is 1. The van der Waals surface area contributed by atoms with Gasteiger partial charge in [-0.05, 0) is 34.5 Å². The minimum Gasteiger partial charge on any atom is -0.354 e. The third kappa shape index (κ3) is 2.95. The molecule has 172 valence electrons. The van der Waals surface area contributed by atoms with Gasteiger partial charge in [0.15, 0.2) is 0 Å². The highest BCUT2D eigenvalue weighted by atomic mass is 14.7. The molecule has 0 saturated heterocycles. The molecular weight excluding hydrogens is 450 g/mol. The summed E-state index contributed by atoms with van der Waals surface area (Å²) in [5.41, 5.74) is 7.79. The molecule has 3 heterocycles. The van der Waals surface area contributed by atoms with Crippen molar-refractivity contribution in [3.63, 3.8) is 0 Å². The summed E-state index contributed by atoms with van der Waals surface area (Å²) in [4.78, 5) is 13.5. The number of hydrogen-bond donors (Lipinski definition) is 1. The van der Waals surface area contributed by atoms with E-state index in [0.29, 0.717) is 0 Å². The third-order valence-corrected chi connectivity index (χ3v) is 7.47. The second kappa shape index (κ2) is 7.74. The van der Waals surface area contributed by atoms with Gasteiger partial charge in [-0.25, -0.2) is 0 Å². The van der Waals surface area contributed by atoms with Crippen LogP contribution in [-0.2, 0) is 0 Å². The van der Waals surface area contributed by atoms with Crippen LogP contribution >= 0.6 is 0 Å². The fourth-order valence-electron chi connectivity index (χ4n) is 5.87. The summed E-state index contributed by atoms with van der Waals surface area (Å²) < 4.78 is 0. The molecule has 1 N–H and O–H groups in total. The zero-order valence-electron chi connectivity index (χ0n) is 19.9. The molecule has 0 bridgehead atoms. The summed E-state index contributed by atoms with van der Waals surface area (Å²) in [6, 6.07) is 38.6. The highest BCUT2D eigenvalue weighted by molar-refractivity contribution is 6.20. The van der Waals surface area contributed by atoms with Gasteiger partial charge in [0, 0.05) is 56.0 Å². The van der Waals surface area contributed by atoms with Crippen LogP contribution in [0.1, 0.15) is 0 Å². The number of aromatic nitrogens is 3. The Kier molecular flexibility index (Phi) is 4.23. The Bertz CT molecular complexity index is 2150. The van der Waals surface area contributed by atoms with Gasteiger partial charge < -0.3 is 4.98 Å². The first kappa shape index (κ1) is 20.2. The fourth-order valence-corrected chi connectivity index (χ4v) is 5.87. The average molecular weight is 472 g/mol. The van der Waals surface area contributed by atoms with Crippen LogP contribution in [0.3, 0.4) is 0 Å². The molecule has 3 heteroatoms. The van der Waals surface area contributed by atoms with Crippen LogP contribution in [0, 0.1) is 0 Å². The van der Waals surface area contributed by atoms with Gasteiger partial charge >= 0.3 is 0 Å². The first-order valence-corrected chi connectivity index (χ1v) is 12.5. The third-order valence-electron chi connectivity index (χ3n) is 7.47. The summed E-state index contributed by atoms with van der Waals surface area (Å²) in [5.74, 6) is 0. The number of nitrogens with zero attached hydrogens (tertiary/aromatic N) is 2. The van der Waals surface area contributed by atoms with Gasteiger partial charge in [0.25, 0.3) is 0 Å². The molecule has 5 aromatic carbocycles. The Morgan fingerprint density at radius 2 is 1.03 bits per heavy atom. The molecule has 0 atom stereocenters. The molecule has 8 aromatic rings. The SMILES string of the molecule is c1cnc2c(c1)ccc1cccc(-c3[nH]c4ccccc4c3-c3cccc4ccc5cccnc5c34)c12. The van der Waals surface area contributed by atoms with E-state index in [1.165, 1.54) is 32.7 Å². The van der Waals surface area contributed by atoms with Crippen molar-refractivity contribution >= 4 is 54.3 Å². The smallest absolute Gasteiger partial charge is 0.0787 e. The predicted molar refractivity (Wildman–Crippen MR) is 155 cm³/mol. The summed E-state index contributed by atoms with van der Waals surface area (Å²) in [5, 5.41) is 8.18. The summed E-state index contributed by atoms with van der Waals surface area (Å²) in [6.45, 7) is 0. The van der Waals surface area contributed by atoms with Crippen molar-refractivity contribution in [1.29, 1.82) is 0 Å². The highest BCUT2D eigenvalue weighted by Crippen LogP contribution is 2.45. The Labute approximate surface area is 213 Å². The van der Waals surface area contributed by atoms with Gasteiger partial charge in [-0.15, -0.1) is 0 Å². The Hall–Kier alpha value is -5.02. The van der Waals surface area contributed by atoms with Crippen LogP contribution in [0.5, 0.6) is 0 Å². The van der Waals surface area contributed by atoms with Crippen molar-refractivity contribution in [3.05, 3.63) is 122 Å². The molecule has 0 aliphatic rings. The predicted octanol–water partition coefficient (Wildman–Crippen LogP) is 8.90. The van der Waals surface area contributed by atoms with Gasteiger partial charge in [0.05, 0.1) is 16.7 Å². The number of fused-ring (bicyclic) bond motifs is 7. The number of pyridine rings is 2. The Morgan fingerprint density at radius 1 is 0.459 bits per heavy atom. The number of benzene rings is 5. The Morgan fingerprint density at radius 3 is 1.73 bits per heavy atom. The molecule has 0 spiro atoms. The maximum atomic E-state index is 4.83. The van der Waals surface area contributed by atoms with E-state index in [4.69, 9.17) is 9.97 Å². The van der Waals surface area contributed by atoms with E-state index in [-0.39, 0.29) is 0 Å². The molecule has 0 fully saturated rings. The molecule has 0 saturated carbocycles. The molecule has 0 radical (unpaired) electrons. The monoisotopic (exact) mass is 471 g/mol. The molecule has 3 nitrogen and oxygen atoms in total. The summed E-state index contributed by atoms with van der Waals surface area (Å²) >= 11 is 0. The van der Waals surface area contributed by atoms with Crippen LogP contribution in [0.2, 0.25) is 0 Å². The van der Waals surface area contributed by atoms with E-state index in [0.717, 1.165) is 44.0 Å². The second-order valence-corrected chi connectivity index (χ2v) is 9.51. The van der Waals surface area contributed by atoms with Crippen LogP contribution in [0.25, 0.3) is 76.6 Å². The van der Waals surface area contributed by atoms with Gasteiger partial charge in [-0.2, -0.15) is 0 Å². The van der Waals surface area contributed by atoms with Crippen LogP contribution in [-0.4, -0.2) is 15.0 Å². The van der Waals surface area contributed by atoms with Crippen molar-refractivity contribution in [2.24, 2.45) is 0 Å². The van der Waals surface area contributed by atoms with Gasteiger partial charge in [0.2, 0.25) is 0 Å². The van der Waals surface area contributed by atoms with Crippen molar-refractivity contribution in [3.8, 4) is 22.4 Å². The lowest BCUT2D eigenvalue weighted by Gasteiger charge is -2.14. The standard InChI is InChI=1S/C34H21N3/c1-2-14-28-25(11-1)31(26-12-3-7-21-15-17-23-9-5-19-35-32(23)29(21)26)34(37-28)27-13-4-8-22-16-18-24-10-6-20-36-33(24)30(22)27/h1-20,37H. The first-order valence-electron chi connectivity index (χ1n) is 12.5. The van der Waals surface area contributed by atoms with E-state index >= 15 is 0 Å². The summed E-state index contributed by atoms with van der Waals surface area (Å²) in [7, 11) is 0. The molecule has 3 aromatic heterocycles. The van der Waals surface area contributed by atoms with Gasteiger partial charge in [0.1, 0.15) is 0 Å². The van der Waals surface area contributed by atoms with Crippen molar-refractivity contribution in [2.45, 2.75) is 0 Å². The topological polar surface area (TPSA) is 41.6 Å². The number of hydrogen-bond acceptors (Lipinski definition) is 2. The molecule has 0 amide bonds. The van der Waals surface area contributed by atoms with Crippen molar-refractivity contribution < 1.29 is 0 Å². The van der Waals surface area contributed by atoms with Gasteiger partial charge in [-0.3, -0.25) is 9.97 Å². The lowest BCUT2D eigenvalue weighted by atomic mass is 9.90. The van der Waals surface area contributed by atoms with E-state index in [9.17, 15) is 0 Å². The van der Waals surface area contributed by atoms with E-state index < -0.39 is 0 Å². The minimum absolute atomic E-state index is 1.02. The van der Waals surface area contributed by atoms with E-state index in [1.807, 2.05) is 24.5 Å². The normalized spacial score (nSPS) is 11.8. The molecule has 0 aliphatic heterocycles. The number of para-hydroxylation sites is 1. The lowest BCUT2D eigenvalue weighted by molar-refractivity contribution is 1.42. The largest absolute Gasteiger partial charge is 0.354 e. The number of nitrogens with one attached hydrogen (secondary N) is 1. The maximum absolute atomic E-state index is 4.83.